The van der Waals surface area contributed by atoms with Gasteiger partial charge < -0.3 is 9.72 Å². The number of pyridine rings is 1. The average Bonchev–Trinajstić information content (AvgIpc) is 2.82. The molecule has 3 aromatic rings. The lowest BCUT2D eigenvalue weighted by atomic mass is 10.2. The van der Waals surface area contributed by atoms with Gasteiger partial charge in [-0.25, -0.2) is 19.7 Å². The lowest BCUT2D eigenvalue weighted by Gasteiger charge is -2.18. The number of nitrogens with one attached hydrogen (secondary N) is 1. The molecule has 0 saturated heterocycles. The van der Waals surface area contributed by atoms with Crippen molar-refractivity contribution in [3.8, 4) is 12.3 Å². The van der Waals surface area contributed by atoms with Gasteiger partial charge in [0, 0.05) is 5.39 Å². The predicted molar refractivity (Wildman–Crippen MR) is 82.3 cm³/mol. The van der Waals surface area contributed by atoms with Crippen molar-refractivity contribution in [1.82, 2.24) is 19.9 Å². The molecular formula is C16H14N4O2. The molecule has 0 unspecified atom stereocenters. The molecule has 110 valence electrons. The molecule has 0 spiro atoms. The number of terminal acetylenes is 1. The van der Waals surface area contributed by atoms with Crippen LogP contribution in [-0.2, 0) is 4.74 Å². The molecule has 3 heterocycles. The van der Waals surface area contributed by atoms with Crippen LogP contribution in [0.25, 0.3) is 21.9 Å². The molecule has 6 heteroatoms. The van der Waals surface area contributed by atoms with Gasteiger partial charge in [0.15, 0.2) is 0 Å². The Morgan fingerprint density at radius 2 is 2.00 bits per heavy atom. The van der Waals surface area contributed by atoms with Crippen LogP contribution in [0.4, 0.5) is 0 Å². The quantitative estimate of drug-likeness (QED) is 0.550. The fourth-order valence-corrected chi connectivity index (χ4v) is 2.09. The summed E-state index contributed by atoms with van der Waals surface area (Å²) in [6.07, 6.45) is 8.52. The molecule has 0 aromatic carbocycles. The Morgan fingerprint density at radius 1 is 1.27 bits per heavy atom. The third-order valence-electron chi connectivity index (χ3n) is 2.95. The monoisotopic (exact) mass is 294 g/mol. The fraction of sp³-hybridized carbons (Fsp3) is 0.250. The Bertz CT molecular complexity index is 929. The summed E-state index contributed by atoms with van der Waals surface area (Å²) in [6.45, 7) is 5.42. The Morgan fingerprint density at radius 3 is 2.68 bits per heavy atom. The zero-order chi connectivity index (χ0) is 15.9. The maximum Gasteiger partial charge on any atom is 0.357 e. The Balaban J connectivity index is 2.14. The standard InChI is InChI=1S/C16H14N4O2/c1-5-13-18-8-12-14(20-13)9-6-10(17-7-11(9)19-12)15(21)22-16(2,3)4/h1,6-8,19H,2-4H3. The summed E-state index contributed by atoms with van der Waals surface area (Å²) in [5.74, 6) is 2.22. The number of esters is 1. The highest BCUT2D eigenvalue weighted by Crippen LogP contribution is 2.24. The van der Waals surface area contributed by atoms with Gasteiger partial charge in [0.25, 0.3) is 0 Å². The summed E-state index contributed by atoms with van der Waals surface area (Å²) in [7, 11) is 0. The molecule has 0 radical (unpaired) electrons. The number of ether oxygens (including phenoxy) is 1. The van der Waals surface area contributed by atoms with E-state index in [0.29, 0.717) is 11.3 Å². The van der Waals surface area contributed by atoms with Crippen molar-refractivity contribution in [2.45, 2.75) is 26.4 Å². The molecule has 3 aromatic heterocycles. The van der Waals surface area contributed by atoms with Crippen LogP contribution in [0.1, 0.15) is 37.1 Å². The lowest BCUT2D eigenvalue weighted by molar-refractivity contribution is 0.00631. The smallest absolute Gasteiger partial charge is 0.357 e. The van der Waals surface area contributed by atoms with Crippen LogP contribution < -0.4 is 0 Å². The first-order valence-corrected chi connectivity index (χ1v) is 6.72. The van der Waals surface area contributed by atoms with Gasteiger partial charge in [0.1, 0.15) is 16.8 Å². The van der Waals surface area contributed by atoms with E-state index in [-0.39, 0.29) is 5.69 Å². The topological polar surface area (TPSA) is 80.8 Å². The van der Waals surface area contributed by atoms with E-state index in [1.807, 2.05) is 20.8 Å². The van der Waals surface area contributed by atoms with E-state index in [2.05, 4.69) is 25.9 Å². The van der Waals surface area contributed by atoms with Gasteiger partial charge in [-0.3, -0.25) is 0 Å². The first-order chi connectivity index (χ1) is 10.4. The van der Waals surface area contributed by atoms with Gasteiger partial charge in [-0.1, -0.05) is 0 Å². The number of nitrogens with zero attached hydrogens (tertiary/aromatic N) is 3. The molecular weight excluding hydrogens is 280 g/mol. The number of carbonyl (C=O) groups is 1. The van der Waals surface area contributed by atoms with Gasteiger partial charge in [-0.05, 0) is 32.8 Å². The summed E-state index contributed by atoms with van der Waals surface area (Å²) in [6, 6.07) is 1.65. The minimum atomic E-state index is -0.577. The maximum atomic E-state index is 12.1. The van der Waals surface area contributed by atoms with E-state index in [1.54, 1.807) is 18.5 Å². The van der Waals surface area contributed by atoms with E-state index in [4.69, 9.17) is 11.2 Å². The van der Waals surface area contributed by atoms with Crippen molar-refractivity contribution in [2.24, 2.45) is 0 Å². The highest BCUT2D eigenvalue weighted by molar-refractivity contribution is 6.06. The molecule has 0 fully saturated rings. The molecule has 0 bridgehead atoms. The molecule has 0 aliphatic rings. The minimum absolute atomic E-state index is 0.226. The lowest BCUT2D eigenvalue weighted by Crippen LogP contribution is -2.24. The Kier molecular flexibility index (Phi) is 3.06. The molecule has 0 aliphatic heterocycles. The van der Waals surface area contributed by atoms with Gasteiger partial charge in [-0.15, -0.1) is 6.42 Å². The molecule has 22 heavy (non-hydrogen) atoms. The number of rotatable bonds is 1. The van der Waals surface area contributed by atoms with Crippen LogP contribution in [0.2, 0.25) is 0 Å². The first kappa shape index (κ1) is 14.0. The molecule has 0 aliphatic carbocycles. The van der Waals surface area contributed by atoms with Crippen LogP contribution in [0.3, 0.4) is 0 Å². The van der Waals surface area contributed by atoms with Crippen LogP contribution in [0.5, 0.6) is 0 Å². The molecule has 1 N–H and O–H groups in total. The molecule has 0 atom stereocenters. The summed E-state index contributed by atoms with van der Waals surface area (Å²) in [4.78, 5) is 27.7. The van der Waals surface area contributed by atoms with Gasteiger partial charge >= 0.3 is 5.97 Å². The van der Waals surface area contributed by atoms with Gasteiger partial charge in [0.2, 0.25) is 5.82 Å². The van der Waals surface area contributed by atoms with E-state index in [9.17, 15) is 4.79 Å². The predicted octanol–water partition coefficient (Wildman–Crippen LogP) is 2.44. The average molecular weight is 294 g/mol. The third kappa shape index (κ3) is 2.49. The summed E-state index contributed by atoms with van der Waals surface area (Å²) in [5, 5.41) is 0.754. The molecule has 6 nitrogen and oxygen atoms in total. The fourth-order valence-electron chi connectivity index (χ4n) is 2.09. The summed E-state index contributed by atoms with van der Waals surface area (Å²) >= 11 is 0. The van der Waals surface area contributed by atoms with Crippen LogP contribution >= 0.6 is 0 Å². The molecule has 0 amide bonds. The van der Waals surface area contributed by atoms with Crippen LogP contribution in [0, 0.1) is 12.3 Å². The number of H-pyrrole nitrogens is 1. The van der Waals surface area contributed by atoms with Crippen molar-refractivity contribution in [3.63, 3.8) is 0 Å². The van der Waals surface area contributed by atoms with Crippen LogP contribution in [-0.4, -0.2) is 31.5 Å². The second-order valence-electron chi connectivity index (χ2n) is 5.84. The second-order valence-corrected chi connectivity index (χ2v) is 5.84. The van der Waals surface area contributed by atoms with E-state index in [0.717, 1.165) is 16.4 Å². The largest absolute Gasteiger partial charge is 0.455 e. The number of hydrogen-bond donors (Lipinski definition) is 1. The van der Waals surface area contributed by atoms with Crippen molar-refractivity contribution in [3.05, 3.63) is 30.0 Å². The van der Waals surface area contributed by atoms with Crippen molar-refractivity contribution in [1.29, 1.82) is 0 Å². The number of hydrogen-bond acceptors (Lipinski definition) is 5. The molecule has 3 rings (SSSR count). The van der Waals surface area contributed by atoms with E-state index >= 15 is 0 Å². The second kappa shape index (κ2) is 4.81. The normalized spacial score (nSPS) is 11.5. The van der Waals surface area contributed by atoms with Crippen molar-refractivity contribution >= 4 is 27.9 Å². The van der Waals surface area contributed by atoms with Crippen LogP contribution in [0.15, 0.2) is 18.5 Å². The molecule has 0 saturated carbocycles. The number of fused-ring (bicyclic) bond motifs is 3. The van der Waals surface area contributed by atoms with Gasteiger partial charge in [0.05, 0.1) is 23.4 Å². The van der Waals surface area contributed by atoms with Gasteiger partial charge in [-0.2, -0.15) is 0 Å². The maximum absolute atomic E-state index is 12.1. The number of aromatic amines is 1. The highest BCUT2D eigenvalue weighted by atomic mass is 16.6. The van der Waals surface area contributed by atoms with E-state index < -0.39 is 11.6 Å². The number of carbonyl (C=O) groups excluding carboxylic acids is 1. The van der Waals surface area contributed by atoms with Crippen molar-refractivity contribution < 1.29 is 9.53 Å². The Hall–Kier alpha value is -2.94. The van der Waals surface area contributed by atoms with Crippen molar-refractivity contribution in [2.75, 3.05) is 0 Å². The minimum Gasteiger partial charge on any atom is -0.455 e. The first-order valence-electron chi connectivity index (χ1n) is 6.72. The summed E-state index contributed by atoms with van der Waals surface area (Å²) < 4.78 is 5.33. The SMILES string of the molecule is C#Cc1ncc2[nH]c3cnc(C(=O)OC(C)(C)C)cc3c2n1. The number of aromatic nitrogens is 4. The zero-order valence-electron chi connectivity index (χ0n) is 12.5. The third-order valence-corrected chi connectivity index (χ3v) is 2.95. The highest BCUT2D eigenvalue weighted by Gasteiger charge is 2.20. The van der Waals surface area contributed by atoms with E-state index in [1.165, 1.54) is 0 Å². The Labute approximate surface area is 126 Å². The zero-order valence-corrected chi connectivity index (χ0v) is 12.5. The summed E-state index contributed by atoms with van der Waals surface area (Å²) in [5.41, 5.74) is 1.80.